The summed E-state index contributed by atoms with van der Waals surface area (Å²) in [5.41, 5.74) is 1.40. The van der Waals surface area contributed by atoms with E-state index >= 15 is 0 Å². The predicted octanol–water partition coefficient (Wildman–Crippen LogP) is 4.21. The fourth-order valence-corrected chi connectivity index (χ4v) is 2.34. The molecule has 0 saturated carbocycles. The van der Waals surface area contributed by atoms with Crippen molar-refractivity contribution < 1.29 is 8.83 Å². The molecule has 96 valence electrons. The van der Waals surface area contributed by atoms with Gasteiger partial charge in [-0.15, -0.1) is 0 Å². The second kappa shape index (κ2) is 4.10. The van der Waals surface area contributed by atoms with Crippen LogP contribution in [0.15, 0.2) is 74.3 Å². The van der Waals surface area contributed by atoms with Crippen LogP contribution in [0.4, 0.5) is 0 Å². The molecular formula is C17H10O3. The Labute approximate surface area is 114 Å². The third-order valence-corrected chi connectivity index (χ3v) is 3.34. The number of furan rings is 1. The maximum atomic E-state index is 12.4. The largest absolute Gasteiger partial charge is 0.425 e. The standard InChI is InChI=1S/C17H10O3/c18-16-12-8-4-5-9-14(12)19-17-13(16)10-15(20-17)11-6-2-1-3-7-11/h1-10H. The van der Waals surface area contributed by atoms with E-state index in [2.05, 4.69) is 0 Å². The maximum Gasteiger partial charge on any atom is 0.302 e. The molecule has 0 atom stereocenters. The van der Waals surface area contributed by atoms with E-state index in [4.69, 9.17) is 8.83 Å². The summed E-state index contributed by atoms with van der Waals surface area (Å²) >= 11 is 0. The van der Waals surface area contributed by atoms with Crippen molar-refractivity contribution in [3.05, 3.63) is 70.9 Å². The molecule has 0 saturated heterocycles. The first-order chi connectivity index (χ1) is 9.83. The van der Waals surface area contributed by atoms with Crippen molar-refractivity contribution in [2.45, 2.75) is 0 Å². The average molecular weight is 262 g/mol. The van der Waals surface area contributed by atoms with Gasteiger partial charge in [0.2, 0.25) is 5.43 Å². The monoisotopic (exact) mass is 262 g/mol. The van der Waals surface area contributed by atoms with Crippen molar-refractivity contribution in [3.63, 3.8) is 0 Å². The molecule has 0 fully saturated rings. The van der Waals surface area contributed by atoms with Gasteiger partial charge in [0.1, 0.15) is 16.7 Å². The lowest BCUT2D eigenvalue weighted by Gasteiger charge is -1.95. The lowest BCUT2D eigenvalue weighted by atomic mass is 10.1. The molecule has 20 heavy (non-hydrogen) atoms. The quantitative estimate of drug-likeness (QED) is 0.516. The second-order valence-corrected chi connectivity index (χ2v) is 4.61. The fraction of sp³-hybridized carbons (Fsp3) is 0. The summed E-state index contributed by atoms with van der Waals surface area (Å²) in [5.74, 6) is 0.907. The van der Waals surface area contributed by atoms with Crippen LogP contribution in [-0.4, -0.2) is 0 Å². The van der Waals surface area contributed by atoms with Crippen LogP contribution in [0.25, 0.3) is 33.5 Å². The van der Waals surface area contributed by atoms with Crippen molar-refractivity contribution in [2.75, 3.05) is 0 Å². The zero-order valence-corrected chi connectivity index (χ0v) is 10.5. The molecule has 0 N–H and O–H groups in total. The average Bonchev–Trinajstić information content (AvgIpc) is 2.93. The van der Waals surface area contributed by atoms with Crippen molar-refractivity contribution in [1.29, 1.82) is 0 Å². The molecule has 2 aromatic carbocycles. The normalized spacial score (nSPS) is 11.2. The summed E-state index contributed by atoms with van der Waals surface area (Å²) in [4.78, 5) is 12.4. The molecule has 3 heteroatoms. The molecule has 0 amide bonds. The summed E-state index contributed by atoms with van der Waals surface area (Å²) < 4.78 is 11.3. The van der Waals surface area contributed by atoms with Crippen molar-refractivity contribution >= 4 is 22.1 Å². The number of hydrogen-bond acceptors (Lipinski definition) is 3. The minimum Gasteiger partial charge on any atom is -0.425 e. The first kappa shape index (κ1) is 11.1. The van der Waals surface area contributed by atoms with E-state index in [0.29, 0.717) is 22.1 Å². The van der Waals surface area contributed by atoms with Gasteiger partial charge in [-0.2, -0.15) is 0 Å². The summed E-state index contributed by atoms with van der Waals surface area (Å²) in [5, 5.41) is 1.04. The van der Waals surface area contributed by atoms with Crippen LogP contribution in [0.1, 0.15) is 0 Å². The number of fused-ring (bicyclic) bond motifs is 2. The van der Waals surface area contributed by atoms with Crippen molar-refractivity contribution in [3.8, 4) is 11.3 Å². The second-order valence-electron chi connectivity index (χ2n) is 4.61. The Morgan fingerprint density at radius 3 is 2.35 bits per heavy atom. The zero-order chi connectivity index (χ0) is 13.5. The van der Waals surface area contributed by atoms with Gasteiger partial charge >= 0.3 is 5.78 Å². The molecule has 0 radical (unpaired) electrons. The highest BCUT2D eigenvalue weighted by Crippen LogP contribution is 2.28. The Kier molecular flexibility index (Phi) is 2.27. The van der Waals surface area contributed by atoms with E-state index in [-0.39, 0.29) is 11.2 Å². The molecular weight excluding hydrogens is 252 g/mol. The van der Waals surface area contributed by atoms with Crippen LogP contribution in [-0.2, 0) is 0 Å². The Morgan fingerprint density at radius 1 is 0.750 bits per heavy atom. The van der Waals surface area contributed by atoms with Gasteiger partial charge in [-0.25, -0.2) is 0 Å². The molecule has 0 bridgehead atoms. The van der Waals surface area contributed by atoms with Crippen LogP contribution in [0.2, 0.25) is 0 Å². The molecule has 0 spiro atoms. The number of benzene rings is 2. The van der Waals surface area contributed by atoms with Crippen LogP contribution < -0.4 is 5.43 Å². The van der Waals surface area contributed by atoms with Gasteiger partial charge in [0.15, 0.2) is 0 Å². The van der Waals surface area contributed by atoms with E-state index in [1.807, 2.05) is 42.5 Å². The van der Waals surface area contributed by atoms with E-state index in [9.17, 15) is 4.79 Å². The summed E-state index contributed by atoms with van der Waals surface area (Å²) in [6.45, 7) is 0. The van der Waals surface area contributed by atoms with E-state index in [1.54, 1.807) is 18.2 Å². The smallest absolute Gasteiger partial charge is 0.302 e. The highest BCUT2D eigenvalue weighted by atomic mass is 16.5. The van der Waals surface area contributed by atoms with Crippen LogP contribution in [0.3, 0.4) is 0 Å². The van der Waals surface area contributed by atoms with Crippen molar-refractivity contribution in [1.82, 2.24) is 0 Å². The third-order valence-electron chi connectivity index (χ3n) is 3.34. The number of para-hydroxylation sites is 1. The Hall–Kier alpha value is -2.81. The molecule has 0 aliphatic heterocycles. The molecule has 2 heterocycles. The Bertz CT molecular complexity index is 962. The van der Waals surface area contributed by atoms with Gasteiger partial charge in [0, 0.05) is 5.56 Å². The van der Waals surface area contributed by atoms with Gasteiger partial charge in [0.25, 0.3) is 0 Å². The van der Waals surface area contributed by atoms with Gasteiger partial charge in [-0.1, -0.05) is 42.5 Å². The highest BCUT2D eigenvalue weighted by Gasteiger charge is 2.13. The van der Waals surface area contributed by atoms with Crippen LogP contribution in [0, 0.1) is 0 Å². The summed E-state index contributed by atoms with van der Waals surface area (Å²) in [7, 11) is 0. The minimum atomic E-state index is -0.0622. The first-order valence-electron chi connectivity index (χ1n) is 6.34. The topological polar surface area (TPSA) is 43.4 Å². The SMILES string of the molecule is O=c1c2ccccc2oc2oc(-c3ccccc3)cc12. The predicted molar refractivity (Wildman–Crippen MR) is 77.7 cm³/mol. The Morgan fingerprint density at radius 2 is 1.50 bits per heavy atom. The van der Waals surface area contributed by atoms with E-state index in [1.165, 1.54) is 0 Å². The molecule has 2 aromatic heterocycles. The fourth-order valence-electron chi connectivity index (χ4n) is 2.34. The van der Waals surface area contributed by atoms with Crippen LogP contribution >= 0.6 is 0 Å². The highest BCUT2D eigenvalue weighted by molar-refractivity contribution is 5.89. The molecule has 4 rings (SSSR count). The van der Waals surface area contributed by atoms with Crippen LogP contribution in [0.5, 0.6) is 0 Å². The minimum absolute atomic E-state index is 0.0622. The lowest BCUT2D eigenvalue weighted by molar-refractivity contribution is 0.503. The Balaban J connectivity index is 2.07. The number of rotatable bonds is 1. The lowest BCUT2D eigenvalue weighted by Crippen LogP contribution is -1.99. The first-order valence-corrected chi connectivity index (χ1v) is 6.34. The molecule has 3 nitrogen and oxygen atoms in total. The molecule has 4 aromatic rings. The third kappa shape index (κ3) is 1.57. The molecule has 0 unspecified atom stereocenters. The molecule has 0 aliphatic carbocycles. The number of hydrogen-bond donors (Lipinski definition) is 0. The zero-order valence-electron chi connectivity index (χ0n) is 10.5. The maximum absolute atomic E-state index is 12.4. The van der Waals surface area contributed by atoms with Crippen molar-refractivity contribution in [2.24, 2.45) is 0 Å². The van der Waals surface area contributed by atoms with Gasteiger partial charge < -0.3 is 8.83 Å². The summed E-state index contributed by atoms with van der Waals surface area (Å²) in [6, 6.07) is 18.6. The van der Waals surface area contributed by atoms with E-state index < -0.39 is 0 Å². The van der Waals surface area contributed by atoms with Gasteiger partial charge in [0.05, 0.1) is 5.39 Å². The van der Waals surface area contributed by atoms with Gasteiger partial charge in [-0.05, 0) is 18.2 Å². The van der Waals surface area contributed by atoms with Gasteiger partial charge in [-0.3, -0.25) is 4.79 Å². The summed E-state index contributed by atoms with van der Waals surface area (Å²) in [6.07, 6.45) is 0. The van der Waals surface area contributed by atoms with E-state index in [0.717, 1.165) is 5.56 Å². The molecule has 0 aliphatic rings.